The van der Waals surface area contributed by atoms with E-state index >= 15 is 0 Å². The van der Waals surface area contributed by atoms with E-state index in [1.54, 1.807) is 0 Å². The lowest BCUT2D eigenvalue weighted by molar-refractivity contribution is -0.116. The molecule has 2 N–H and O–H groups in total. The van der Waals surface area contributed by atoms with Gasteiger partial charge in [0.05, 0.1) is 5.69 Å². The third kappa shape index (κ3) is 5.23. The maximum Gasteiger partial charge on any atom is 0.224 e. The number of carbonyl (C=O) groups excluding carboxylic acids is 1. The Bertz CT molecular complexity index is 408. The molecule has 0 spiro atoms. The van der Waals surface area contributed by atoms with Crippen LogP contribution in [0.25, 0.3) is 0 Å². The van der Waals surface area contributed by atoms with Crippen molar-refractivity contribution in [3.63, 3.8) is 0 Å². The molecule has 0 radical (unpaired) electrons. The summed E-state index contributed by atoms with van der Waals surface area (Å²) in [5.74, 6) is -1.69. The summed E-state index contributed by atoms with van der Waals surface area (Å²) in [6, 6.07) is 3.45. The average molecular weight is 256 g/mol. The molecule has 5 heteroatoms. The molecule has 3 nitrogen and oxygen atoms in total. The van der Waals surface area contributed by atoms with Crippen molar-refractivity contribution in [3.05, 3.63) is 29.8 Å². The summed E-state index contributed by atoms with van der Waals surface area (Å²) in [5.41, 5.74) is 0.0122. The molecule has 0 fully saturated rings. The molecular weight excluding hydrogens is 238 g/mol. The molecule has 0 aliphatic heterocycles. The number of halogens is 2. The molecule has 0 saturated carbocycles. The Hall–Kier alpha value is -1.49. The third-order valence-electron chi connectivity index (χ3n) is 2.34. The maximum atomic E-state index is 13.2. The molecule has 100 valence electrons. The zero-order valence-electron chi connectivity index (χ0n) is 10.6. The van der Waals surface area contributed by atoms with Gasteiger partial charge in [-0.15, -0.1) is 0 Å². The molecule has 1 aromatic rings. The molecular formula is C13H18F2N2O. The van der Waals surface area contributed by atoms with Crippen LogP contribution < -0.4 is 10.6 Å². The second-order valence-corrected chi connectivity index (χ2v) is 4.38. The van der Waals surface area contributed by atoms with Gasteiger partial charge in [0, 0.05) is 18.5 Å². The van der Waals surface area contributed by atoms with Gasteiger partial charge in [-0.25, -0.2) is 8.78 Å². The van der Waals surface area contributed by atoms with Crippen LogP contribution in [0.15, 0.2) is 18.2 Å². The van der Waals surface area contributed by atoms with E-state index in [1.807, 2.05) is 13.8 Å². The molecule has 1 amide bonds. The normalized spacial score (nSPS) is 10.7. The van der Waals surface area contributed by atoms with Gasteiger partial charge in [0.15, 0.2) is 0 Å². The van der Waals surface area contributed by atoms with Crippen LogP contribution in [0, 0.1) is 11.6 Å². The summed E-state index contributed by atoms with van der Waals surface area (Å²) in [5, 5.41) is 5.60. The molecule has 0 heterocycles. The zero-order valence-corrected chi connectivity index (χ0v) is 10.6. The Morgan fingerprint density at radius 3 is 2.67 bits per heavy atom. The minimum absolute atomic E-state index is 0.0122. The molecule has 0 aliphatic rings. The number of hydrogen-bond donors (Lipinski definition) is 2. The van der Waals surface area contributed by atoms with Crippen molar-refractivity contribution in [2.24, 2.45) is 0 Å². The van der Waals surface area contributed by atoms with Crippen molar-refractivity contribution >= 4 is 11.6 Å². The van der Waals surface area contributed by atoms with E-state index in [1.165, 1.54) is 6.07 Å². The lowest BCUT2D eigenvalue weighted by atomic mass is 10.2. The first-order valence-electron chi connectivity index (χ1n) is 5.97. The Kier molecular flexibility index (Phi) is 5.71. The summed E-state index contributed by atoms with van der Waals surface area (Å²) in [6.07, 6.45) is 0.976. The van der Waals surface area contributed by atoms with E-state index in [-0.39, 0.29) is 11.6 Å². The summed E-state index contributed by atoms with van der Waals surface area (Å²) < 4.78 is 25.9. The number of benzene rings is 1. The van der Waals surface area contributed by atoms with Crippen LogP contribution in [0.5, 0.6) is 0 Å². The lowest BCUT2D eigenvalue weighted by Crippen LogP contribution is -2.24. The Morgan fingerprint density at radius 1 is 1.33 bits per heavy atom. The van der Waals surface area contributed by atoms with Crippen LogP contribution in [0.2, 0.25) is 0 Å². The quantitative estimate of drug-likeness (QED) is 0.768. The molecule has 0 saturated heterocycles. The van der Waals surface area contributed by atoms with Crippen LogP contribution in [0.4, 0.5) is 14.5 Å². The van der Waals surface area contributed by atoms with Crippen molar-refractivity contribution in [3.8, 4) is 0 Å². The molecule has 0 bridgehead atoms. The van der Waals surface area contributed by atoms with Gasteiger partial charge in [0.25, 0.3) is 0 Å². The van der Waals surface area contributed by atoms with E-state index in [2.05, 4.69) is 10.6 Å². The first-order valence-corrected chi connectivity index (χ1v) is 5.97. The number of carbonyl (C=O) groups is 1. The Morgan fingerprint density at radius 2 is 2.06 bits per heavy atom. The van der Waals surface area contributed by atoms with Gasteiger partial charge in [-0.05, 0) is 25.1 Å². The zero-order chi connectivity index (χ0) is 13.5. The second-order valence-electron chi connectivity index (χ2n) is 4.38. The molecule has 1 rings (SSSR count). The first kappa shape index (κ1) is 14.6. The van der Waals surface area contributed by atoms with Crippen molar-refractivity contribution in [1.29, 1.82) is 0 Å². The SMILES string of the molecule is CC(C)NCCCC(=O)Nc1ccc(F)cc1F. The molecule has 0 aromatic heterocycles. The third-order valence-corrected chi connectivity index (χ3v) is 2.34. The number of anilines is 1. The highest BCUT2D eigenvalue weighted by molar-refractivity contribution is 5.90. The van der Waals surface area contributed by atoms with Crippen LogP contribution in [0.3, 0.4) is 0 Å². The van der Waals surface area contributed by atoms with E-state index in [4.69, 9.17) is 0 Å². The van der Waals surface area contributed by atoms with Crippen LogP contribution in [0.1, 0.15) is 26.7 Å². The average Bonchev–Trinajstić information content (AvgIpc) is 2.28. The van der Waals surface area contributed by atoms with Crippen molar-refractivity contribution in [2.45, 2.75) is 32.7 Å². The van der Waals surface area contributed by atoms with Crippen LogP contribution in [-0.4, -0.2) is 18.5 Å². The molecule has 0 aliphatic carbocycles. The topological polar surface area (TPSA) is 41.1 Å². The minimum atomic E-state index is -0.761. The van der Waals surface area contributed by atoms with E-state index in [0.717, 1.165) is 18.7 Å². The van der Waals surface area contributed by atoms with E-state index < -0.39 is 11.6 Å². The highest BCUT2D eigenvalue weighted by Gasteiger charge is 2.07. The second kappa shape index (κ2) is 7.06. The van der Waals surface area contributed by atoms with Crippen LogP contribution >= 0.6 is 0 Å². The fourth-order valence-electron chi connectivity index (χ4n) is 1.44. The fraction of sp³-hybridized carbons (Fsp3) is 0.462. The minimum Gasteiger partial charge on any atom is -0.324 e. The van der Waals surface area contributed by atoms with Gasteiger partial charge >= 0.3 is 0 Å². The van der Waals surface area contributed by atoms with Crippen molar-refractivity contribution in [1.82, 2.24) is 5.32 Å². The summed E-state index contributed by atoms with van der Waals surface area (Å²) >= 11 is 0. The van der Waals surface area contributed by atoms with Gasteiger partial charge in [0.2, 0.25) is 5.91 Å². The Balaban J connectivity index is 2.35. The van der Waals surface area contributed by atoms with Crippen molar-refractivity contribution in [2.75, 3.05) is 11.9 Å². The summed E-state index contributed by atoms with van der Waals surface area (Å²) in [7, 11) is 0. The highest BCUT2D eigenvalue weighted by Crippen LogP contribution is 2.15. The van der Waals surface area contributed by atoms with E-state index in [9.17, 15) is 13.6 Å². The number of amides is 1. The van der Waals surface area contributed by atoms with Gasteiger partial charge in [-0.2, -0.15) is 0 Å². The molecule has 0 unspecified atom stereocenters. The van der Waals surface area contributed by atoms with Gasteiger partial charge in [-0.1, -0.05) is 13.8 Å². The largest absolute Gasteiger partial charge is 0.324 e. The predicted octanol–water partition coefficient (Wildman–Crippen LogP) is 2.68. The fourth-order valence-corrected chi connectivity index (χ4v) is 1.44. The molecule has 0 atom stereocenters. The summed E-state index contributed by atoms with van der Waals surface area (Å²) in [6.45, 7) is 4.78. The van der Waals surface area contributed by atoms with Gasteiger partial charge in [-0.3, -0.25) is 4.79 Å². The summed E-state index contributed by atoms with van der Waals surface area (Å²) in [4.78, 5) is 11.5. The lowest BCUT2D eigenvalue weighted by Gasteiger charge is -2.08. The van der Waals surface area contributed by atoms with Gasteiger partial charge in [0.1, 0.15) is 11.6 Å². The first-order chi connectivity index (χ1) is 8.49. The van der Waals surface area contributed by atoms with Crippen molar-refractivity contribution < 1.29 is 13.6 Å². The van der Waals surface area contributed by atoms with Gasteiger partial charge < -0.3 is 10.6 Å². The monoisotopic (exact) mass is 256 g/mol. The molecule has 1 aromatic carbocycles. The highest BCUT2D eigenvalue weighted by atomic mass is 19.1. The predicted molar refractivity (Wildman–Crippen MR) is 67.4 cm³/mol. The molecule has 18 heavy (non-hydrogen) atoms. The van der Waals surface area contributed by atoms with Crippen LogP contribution in [-0.2, 0) is 4.79 Å². The number of nitrogens with one attached hydrogen (secondary N) is 2. The number of hydrogen-bond acceptors (Lipinski definition) is 2. The standard InChI is InChI=1S/C13H18F2N2O/c1-9(2)16-7-3-4-13(18)17-12-6-5-10(14)8-11(12)15/h5-6,8-9,16H,3-4,7H2,1-2H3,(H,17,18). The smallest absolute Gasteiger partial charge is 0.224 e. The van der Waals surface area contributed by atoms with E-state index in [0.29, 0.717) is 18.9 Å². The maximum absolute atomic E-state index is 13.2. The number of rotatable bonds is 6. The Labute approximate surface area is 106 Å².